The van der Waals surface area contributed by atoms with Gasteiger partial charge in [0.25, 0.3) is 5.78 Å². The van der Waals surface area contributed by atoms with E-state index in [1.807, 2.05) is 19.9 Å². The molecule has 3 fully saturated rings. The van der Waals surface area contributed by atoms with Gasteiger partial charge in [0.05, 0.1) is 11.5 Å². The average Bonchev–Trinajstić information content (AvgIpc) is 3.40. The first-order valence-corrected chi connectivity index (χ1v) is 15.0. The molecule has 0 unspecified atom stereocenters. The third kappa shape index (κ3) is 5.26. The first-order valence-electron chi connectivity index (χ1n) is 14.7. The van der Waals surface area contributed by atoms with Crippen LogP contribution in [0.15, 0.2) is 30.6 Å². The number of hydrogen-bond donors (Lipinski definition) is 2. The summed E-state index contributed by atoms with van der Waals surface area (Å²) in [5.41, 5.74) is 1.65. The third-order valence-electron chi connectivity index (χ3n) is 9.65. The van der Waals surface area contributed by atoms with Crippen LogP contribution in [0.1, 0.15) is 69.5 Å². The predicted molar refractivity (Wildman–Crippen MR) is 157 cm³/mol. The second-order valence-corrected chi connectivity index (χ2v) is 12.9. The van der Waals surface area contributed by atoms with E-state index >= 15 is 0 Å². The molecule has 0 spiro atoms. The molecule has 4 heterocycles. The van der Waals surface area contributed by atoms with E-state index in [2.05, 4.69) is 50.3 Å². The zero-order valence-corrected chi connectivity index (χ0v) is 24.4. The van der Waals surface area contributed by atoms with E-state index in [0.717, 1.165) is 79.6 Å². The van der Waals surface area contributed by atoms with Crippen molar-refractivity contribution < 1.29 is 9.90 Å². The molecular weight excluding hydrogens is 526 g/mol. The van der Waals surface area contributed by atoms with E-state index in [1.165, 1.54) is 12.8 Å². The van der Waals surface area contributed by atoms with Crippen LogP contribution in [0.4, 0.5) is 11.6 Å². The number of carboxylic acids is 1. The number of benzene rings is 1. The lowest BCUT2D eigenvalue weighted by molar-refractivity contribution is -0.158. The van der Waals surface area contributed by atoms with Crippen LogP contribution in [0, 0.1) is 24.2 Å². The van der Waals surface area contributed by atoms with Gasteiger partial charge in [-0.25, -0.2) is 0 Å². The fourth-order valence-electron chi connectivity index (χ4n) is 7.12. The van der Waals surface area contributed by atoms with Crippen LogP contribution in [0.3, 0.4) is 0 Å². The number of aliphatic carboxylic acids is 1. The Labute approximate surface area is 240 Å². The van der Waals surface area contributed by atoms with Crippen LogP contribution >= 0.6 is 11.6 Å². The fraction of sp³-hybridized carbons (Fsp3) is 0.600. The summed E-state index contributed by atoms with van der Waals surface area (Å²) >= 11 is 6.56. The van der Waals surface area contributed by atoms with E-state index in [9.17, 15) is 9.90 Å². The Bertz CT molecular complexity index is 1380. The van der Waals surface area contributed by atoms with E-state index < -0.39 is 11.4 Å². The van der Waals surface area contributed by atoms with E-state index in [1.54, 1.807) is 10.8 Å². The smallest absolute Gasteiger partial charge is 0.309 e. The molecule has 10 heteroatoms. The van der Waals surface area contributed by atoms with E-state index in [-0.39, 0.29) is 6.04 Å². The van der Waals surface area contributed by atoms with Crippen molar-refractivity contribution in [2.75, 3.05) is 36.4 Å². The number of fused-ring (bicyclic) bond motifs is 1. The summed E-state index contributed by atoms with van der Waals surface area (Å²) in [6, 6.07) is 8.65. The standard InChI is InChI=1S/C30H40ClN7O2/c1-19-6-7-24(25(31)13-19)20(2)34-27-14-26(35-29-32-18-33-38(27)29)36-11-8-21(9-12-36)22-5-4-10-37(17-22)23-15-30(3,16-23)28(39)40/h6-7,13-14,18,20-23,34H,4-5,8-12,15-17H2,1-3H3,(H,39,40)/t20-,22+,23?,30?/m1/s1. The first kappa shape index (κ1) is 27.3. The van der Waals surface area contributed by atoms with Gasteiger partial charge in [-0.05, 0) is 94.9 Å². The molecule has 2 aromatic heterocycles. The SMILES string of the molecule is Cc1ccc([C@@H](C)Nc2cc(N3CCC([C@H]4CCCN(C5CC(C)(C(=O)O)C5)C4)CC3)nc3ncnn23)c(Cl)c1. The molecule has 2 aliphatic heterocycles. The largest absolute Gasteiger partial charge is 0.481 e. The Kier molecular flexibility index (Phi) is 7.38. The Morgan fingerprint density at radius 3 is 2.65 bits per heavy atom. The molecule has 40 heavy (non-hydrogen) atoms. The van der Waals surface area contributed by atoms with Crippen molar-refractivity contribution in [3.8, 4) is 0 Å². The van der Waals surface area contributed by atoms with Crippen LogP contribution in [0.5, 0.6) is 0 Å². The molecule has 2 saturated heterocycles. The molecule has 2 N–H and O–H groups in total. The highest BCUT2D eigenvalue weighted by Gasteiger charge is 2.49. The number of aromatic nitrogens is 4. The number of nitrogens with one attached hydrogen (secondary N) is 1. The van der Waals surface area contributed by atoms with Crippen molar-refractivity contribution in [1.82, 2.24) is 24.5 Å². The molecular formula is C30H40ClN7O2. The number of piperidine rings is 2. The maximum absolute atomic E-state index is 11.6. The minimum Gasteiger partial charge on any atom is -0.481 e. The summed E-state index contributed by atoms with van der Waals surface area (Å²) < 4.78 is 1.75. The van der Waals surface area contributed by atoms with Crippen molar-refractivity contribution in [3.63, 3.8) is 0 Å². The number of likely N-dealkylation sites (tertiary alicyclic amines) is 1. The first-order chi connectivity index (χ1) is 19.2. The Hall–Kier alpha value is -2.91. The van der Waals surface area contributed by atoms with Gasteiger partial charge in [-0.1, -0.05) is 23.7 Å². The molecule has 1 saturated carbocycles. The van der Waals surface area contributed by atoms with Gasteiger partial charge < -0.3 is 20.2 Å². The topological polar surface area (TPSA) is 98.9 Å². The minimum absolute atomic E-state index is 0.0141. The zero-order valence-electron chi connectivity index (χ0n) is 23.7. The maximum Gasteiger partial charge on any atom is 0.309 e. The fourth-order valence-corrected chi connectivity index (χ4v) is 7.52. The summed E-state index contributed by atoms with van der Waals surface area (Å²) in [5, 5.41) is 18.3. The van der Waals surface area contributed by atoms with Crippen LogP contribution in [0.25, 0.3) is 5.78 Å². The monoisotopic (exact) mass is 565 g/mol. The second-order valence-electron chi connectivity index (χ2n) is 12.5. The summed E-state index contributed by atoms with van der Waals surface area (Å²) in [6.45, 7) is 10.2. The number of carboxylic acid groups (broad SMARTS) is 1. The van der Waals surface area contributed by atoms with Gasteiger partial charge in [-0.3, -0.25) is 4.79 Å². The molecule has 0 bridgehead atoms. The van der Waals surface area contributed by atoms with Crippen LogP contribution in [-0.4, -0.2) is 67.8 Å². The Morgan fingerprint density at radius 2 is 1.93 bits per heavy atom. The van der Waals surface area contributed by atoms with Gasteiger partial charge in [0.2, 0.25) is 0 Å². The maximum atomic E-state index is 11.6. The highest BCUT2D eigenvalue weighted by molar-refractivity contribution is 6.31. The zero-order chi connectivity index (χ0) is 28.0. The van der Waals surface area contributed by atoms with Crippen LogP contribution in [-0.2, 0) is 4.79 Å². The molecule has 0 radical (unpaired) electrons. The molecule has 3 aliphatic rings. The quantitative estimate of drug-likeness (QED) is 0.391. The number of anilines is 2. The van der Waals surface area contributed by atoms with Gasteiger partial charge in [0.1, 0.15) is 18.0 Å². The molecule has 3 aromatic rings. The minimum atomic E-state index is -0.644. The van der Waals surface area contributed by atoms with Gasteiger partial charge in [0.15, 0.2) is 0 Å². The number of nitrogens with zero attached hydrogens (tertiary/aromatic N) is 6. The van der Waals surface area contributed by atoms with Gasteiger partial charge >= 0.3 is 5.97 Å². The van der Waals surface area contributed by atoms with Crippen molar-refractivity contribution in [2.45, 2.75) is 71.4 Å². The van der Waals surface area contributed by atoms with Crippen LogP contribution in [0.2, 0.25) is 5.02 Å². The Balaban J connectivity index is 1.10. The van der Waals surface area contributed by atoms with E-state index in [0.29, 0.717) is 23.7 Å². The van der Waals surface area contributed by atoms with Crippen LogP contribution < -0.4 is 10.2 Å². The molecule has 214 valence electrons. The third-order valence-corrected chi connectivity index (χ3v) is 9.98. The van der Waals surface area contributed by atoms with E-state index in [4.69, 9.17) is 16.6 Å². The van der Waals surface area contributed by atoms with Crippen molar-refractivity contribution >= 4 is 35.0 Å². The number of aryl methyl sites for hydroxylation is 1. The second kappa shape index (κ2) is 10.8. The molecule has 0 amide bonds. The summed E-state index contributed by atoms with van der Waals surface area (Å²) in [6.07, 6.45) is 7.91. The van der Waals surface area contributed by atoms with Crippen molar-refractivity contribution in [3.05, 3.63) is 46.7 Å². The highest BCUT2D eigenvalue weighted by atomic mass is 35.5. The lowest BCUT2D eigenvalue weighted by Gasteiger charge is -2.51. The molecule has 1 aromatic carbocycles. The number of halogens is 1. The Morgan fingerprint density at radius 1 is 1.15 bits per heavy atom. The summed E-state index contributed by atoms with van der Waals surface area (Å²) in [7, 11) is 0. The number of hydrogen-bond acceptors (Lipinski definition) is 7. The normalized spacial score (nSPS) is 26.9. The van der Waals surface area contributed by atoms with Crippen molar-refractivity contribution in [2.24, 2.45) is 17.3 Å². The number of rotatable bonds is 7. The number of carbonyl (C=O) groups is 1. The predicted octanol–water partition coefficient (Wildman–Crippen LogP) is 5.44. The summed E-state index contributed by atoms with van der Waals surface area (Å²) in [4.78, 5) is 25.8. The molecule has 9 nitrogen and oxygen atoms in total. The molecule has 6 rings (SSSR count). The van der Waals surface area contributed by atoms with Gasteiger partial charge in [-0.15, -0.1) is 0 Å². The van der Waals surface area contributed by atoms with Gasteiger partial charge in [-0.2, -0.15) is 19.6 Å². The molecule has 2 atom stereocenters. The van der Waals surface area contributed by atoms with Crippen molar-refractivity contribution in [1.29, 1.82) is 0 Å². The lowest BCUT2D eigenvalue weighted by atomic mass is 9.65. The lowest BCUT2D eigenvalue weighted by Crippen LogP contribution is -2.56. The highest BCUT2D eigenvalue weighted by Crippen LogP contribution is 2.45. The average molecular weight is 566 g/mol. The molecule has 1 aliphatic carbocycles. The summed E-state index contributed by atoms with van der Waals surface area (Å²) in [5.74, 6) is 3.10. The van der Waals surface area contributed by atoms with Gasteiger partial charge in [0, 0.05) is 36.8 Å².